The molecule has 0 saturated carbocycles. The molecule has 1 saturated heterocycles. The summed E-state index contributed by atoms with van der Waals surface area (Å²) >= 11 is 0. The summed E-state index contributed by atoms with van der Waals surface area (Å²) in [7, 11) is 0. The van der Waals surface area contributed by atoms with Gasteiger partial charge in [-0.2, -0.15) is 4.40 Å². The zero-order chi connectivity index (χ0) is 21.3. The van der Waals surface area contributed by atoms with Crippen molar-refractivity contribution >= 4 is 16.8 Å². The van der Waals surface area contributed by atoms with Crippen molar-refractivity contribution in [3.63, 3.8) is 0 Å². The average Bonchev–Trinajstić information content (AvgIpc) is 3.42. The number of imidazole rings is 2. The minimum atomic E-state index is 0. The van der Waals surface area contributed by atoms with Crippen molar-refractivity contribution < 1.29 is 34.3 Å². The number of hydrogen-bond acceptors (Lipinski definition) is 0. The molecule has 0 amide bonds. The molecule has 4 nitrogen and oxygen atoms in total. The Hall–Kier alpha value is -2.79. The van der Waals surface area contributed by atoms with E-state index in [9.17, 15) is 0 Å². The minimum Gasteiger partial charge on any atom is -1.00 e. The van der Waals surface area contributed by atoms with E-state index in [1.165, 1.54) is 72.4 Å². The third-order valence-electron chi connectivity index (χ3n) is 6.97. The number of fused-ring (bicyclic) bond motifs is 3. The second-order valence-corrected chi connectivity index (χ2v) is 9.01. The Morgan fingerprint density at radius 3 is 2.15 bits per heavy atom. The van der Waals surface area contributed by atoms with Crippen molar-refractivity contribution in [2.24, 2.45) is 0 Å². The summed E-state index contributed by atoms with van der Waals surface area (Å²) in [5.74, 6) is 1.17. The summed E-state index contributed by atoms with van der Waals surface area (Å²) in [5.41, 5.74) is 7.44. The SMILES string of the molecule is [Cl-].[Cl-].c1ccc(-c2ccc(-c3cn4c5ccccc5[n+](CC[NH+]5CCCCC5)c4[nH]3)cc2)cc1. The minimum absolute atomic E-state index is 0. The maximum Gasteiger partial charge on any atom is 0.368 e. The molecule has 5 aromatic rings. The lowest BCUT2D eigenvalue weighted by Gasteiger charge is -2.22. The predicted octanol–water partition coefficient (Wildman–Crippen LogP) is -1.88. The summed E-state index contributed by atoms with van der Waals surface area (Å²) in [4.78, 5) is 5.48. The normalized spacial score (nSPS) is 14.1. The Labute approximate surface area is 213 Å². The van der Waals surface area contributed by atoms with Gasteiger partial charge in [0.25, 0.3) is 0 Å². The molecule has 3 aromatic carbocycles. The van der Waals surface area contributed by atoms with Crippen LogP contribution in [0.25, 0.3) is 39.2 Å². The van der Waals surface area contributed by atoms with Gasteiger partial charge in [-0.15, -0.1) is 0 Å². The summed E-state index contributed by atoms with van der Waals surface area (Å²) in [5, 5.41) is 0. The van der Waals surface area contributed by atoms with Crippen LogP contribution in [0, 0.1) is 0 Å². The zero-order valence-corrected chi connectivity index (χ0v) is 20.7. The molecular weight excluding hydrogens is 463 g/mol. The Kier molecular flexibility index (Phi) is 7.62. The third-order valence-corrected chi connectivity index (χ3v) is 6.97. The van der Waals surface area contributed by atoms with Gasteiger partial charge in [-0.3, -0.25) is 0 Å². The monoisotopic (exact) mass is 492 g/mol. The van der Waals surface area contributed by atoms with Gasteiger partial charge < -0.3 is 29.7 Å². The molecule has 1 aliphatic heterocycles. The number of benzene rings is 3. The predicted molar refractivity (Wildman–Crippen MR) is 130 cm³/mol. The molecule has 6 heteroatoms. The molecule has 2 N–H and O–H groups in total. The van der Waals surface area contributed by atoms with Crippen LogP contribution in [0.15, 0.2) is 85.1 Å². The first-order chi connectivity index (χ1) is 15.9. The number of hydrogen-bond donors (Lipinski definition) is 2. The zero-order valence-electron chi connectivity index (χ0n) is 19.2. The van der Waals surface area contributed by atoms with E-state index in [0.29, 0.717) is 0 Å². The standard InChI is InChI=1S/C28H28N4.2ClH/c1-3-9-22(10-4-1)23-13-15-24(16-14-23)25-21-32-27-12-6-5-11-26(27)31(28(32)29-25)20-19-30-17-7-2-8-18-30;;/h1,3-6,9-16,21H,2,7-8,17-20H2;2*1H. The molecule has 0 unspecified atom stereocenters. The van der Waals surface area contributed by atoms with Crippen LogP contribution < -0.4 is 34.3 Å². The van der Waals surface area contributed by atoms with Crippen LogP contribution >= 0.6 is 0 Å². The van der Waals surface area contributed by atoms with Crippen molar-refractivity contribution in [2.75, 3.05) is 19.6 Å². The number of rotatable bonds is 5. The lowest BCUT2D eigenvalue weighted by atomic mass is 10.0. The first-order valence-corrected chi connectivity index (χ1v) is 11.9. The fourth-order valence-corrected chi connectivity index (χ4v) is 5.21. The second kappa shape index (κ2) is 10.6. The number of nitrogens with one attached hydrogen (secondary N) is 2. The van der Waals surface area contributed by atoms with Gasteiger partial charge >= 0.3 is 5.78 Å². The molecule has 176 valence electrons. The summed E-state index contributed by atoms with van der Waals surface area (Å²) < 4.78 is 4.79. The Morgan fingerprint density at radius 2 is 1.38 bits per heavy atom. The van der Waals surface area contributed by atoms with E-state index < -0.39 is 0 Å². The maximum absolute atomic E-state index is 3.73. The van der Waals surface area contributed by atoms with E-state index in [2.05, 4.69) is 99.0 Å². The van der Waals surface area contributed by atoms with E-state index in [1.54, 1.807) is 4.90 Å². The number of nitrogens with zero attached hydrogens (tertiary/aromatic N) is 2. The fourth-order valence-electron chi connectivity index (χ4n) is 5.21. The summed E-state index contributed by atoms with van der Waals surface area (Å²) in [6, 6.07) is 28.2. The number of piperidine rings is 1. The van der Waals surface area contributed by atoms with Crippen molar-refractivity contribution in [1.82, 2.24) is 9.38 Å². The van der Waals surface area contributed by atoms with E-state index in [4.69, 9.17) is 0 Å². The van der Waals surface area contributed by atoms with Crippen LogP contribution in [0.5, 0.6) is 0 Å². The van der Waals surface area contributed by atoms with E-state index >= 15 is 0 Å². The van der Waals surface area contributed by atoms with Gasteiger partial charge in [0, 0.05) is 5.56 Å². The average molecular weight is 493 g/mol. The maximum atomic E-state index is 3.73. The highest BCUT2D eigenvalue weighted by Gasteiger charge is 2.23. The molecule has 0 aliphatic carbocycles. The molecular formula is C28H30Cl2N4. The van der Waals surface area contributed by atoms with Crippen LogP contribution in [0.3, 0.4) is 0 Å². The van der Waals surface area contributed by atoms with Crippen LogP contribution in [0.4, 0.5) is 0 Å². The molecule has 1 aliphatic rings. The van der Waals surface area contributed by atoms with Gasteiger partial charge in [-0.25, -0.2) is 9.55 Å². The molecule has 3 heterocycles. The van der Waals surface area contributed by atoms with Crippen molar-refractivity contribution in [1.29, 1.82) is 0 Å². The largest absolute Gasteiger partial charge is 1.00 e. The smallest absolute Gasteiger partial charge is 0.368 e. The summed E-state index contributed by atoms with van der Waals surface area (Å²) in [6.07, 6.45) is 6.40. The van der Waals surface area contributed by atoms with E-state index in [0.717, 1.165) is 12.2 Å². The molecule has 2 aromatic heterocycles. The first-order valence-electron chi connectivity index (χ1n) is 11.9. The van der Waals surface area contributed by atoms with Gasteiger partial charge in [0.05, 0.1) is 13.1 Å². The van der Waals surface area contributed by atoms with Crippen LogP contribution in [-0.4, -0.2) is 29.0 Å². The fraction of sp³-hybridized carbons (Fsp3) is 0.250. The lowest BCUT2D eigenvalue weighted by molar-refractivity contribution is -0.920. The van der Waals surface area contributed by atoms with E-state index in [-0.39, 0.29) is 24.8 Å². The number of likely N-dealkylation sites (tertiary alicyclic amines) is 1. The van der Waals surface area contributed by atoms with Crippen LogP contribution in [0.2, 0.25) is 0 Å². The molecule has 34 heavy (non-hydrogen) atoms. The van der Waals surface area contributed by atoms with Gasteiger partial charge in [-0.1, -0.05) is 66.7 Å². The first kappa shape index (κ1) is 24.3. The quantitative estimate of drug-likeness (QED) is 0.269. The second-order valence-electron chi connectivity index (χ2n) is 9.01. The van der Waals surface area contributed by atoms with Gasteiger partial charge in [-0.05, 0) is 42.5 Å². The van der Waals surface area contributed by atoms with Crippen molar-refractivity contribution in [3.8, 4) is 22.4 Å². The highest BCUT2D eigenvalue weighted by atomic mass is 35.5. The van der Waals surface area contributed by atoms with Crippen LogP contribution in [-0.2, 0) is 6.54 Å². The van der Waals surface area contributed by atoms with Crippen LogP contribution in [0.1, 0.15) is 19.3 Å². The topological polar surface area (TPSA) is 28.5 Å². The Balaban J connectivity index is 0.00000137. The molecule has 0 radical (unpaired) electrons. The molecule has 1 fully saturated rings. The third kappa shape index (κ3) is 4.58. The molecule has 0 spiro atoms. The lowest BCUT2D eigenvalue weighted by Crippen LogP contribution is -3.13. The molecule has 6 rings (SSSR count). The number of quaternary nitrogens is 1. The number of halogens is 2. The van der Waals surface area contributed by atoms with Gasteiger partial charge in [0.1, 0.15) is 36.0 Å². The number of aromatic amines is 1. The highest BCUT2D eigenvalue weighted by Crippen LogP contribution is 2.25. The number of para-hydroxylation sites is 2. The Morgan fingerprint density at radius 1 is 0.735 bits per heavy atom. The Bertz CT molecular complexity index is 1350. The van der Waals surface area contributed by atoms with Crippen molar-refractivity contribution in [3.05, 3.63) is 85.1 Å². The van der Waals surface area contributed by atoms with Gasteiger partial charge in [0.15, 0.2) is 0 Å². The van der Waals surface area contributed by atoms with E-state index in [1.807, 2.05) is 0 Å². The van der Waals surface area contributed by atoms with Gasteiger partial charge in [0.2, 0.25) is 0 Å². The highest BCUT2D eigenvalue weighted by molar-refractivity contribution is 5.77. The molecule has 0 atom stereocenters. The van der Waals surface area contributed by atoms with Crippen molar-refractivity contribution in [2.45, 2.75) is 25.8 Å². The molecule has 0 bridgehead atoms. The summed E-state index contributed by atoms with van der Waals surface area (Å²) in [6.45, 7) is 4.87. The number of H-pyrrole nitrogens is 1. The number of aromatic nitrogens is 3.